The molecule has 3 nitrogen and oxygen atoms in total. The quantitative estimate of drug-likeness (QED) is 0.521. The molecule has 0 aromatic heterocycles. The van der Waals surface area contributed by atoms with Crippen LogP contribution in [0.2, 0.25) is 0 Å². The fourth-order valence-electron chi connectivity index (χ4n) is 2.13. The third-order valence-electron chi connectivity index (χ3n) is 3.26. The minimum absolute atomic E-state index is 0.0120. The van der Waals surface area contributed by atoms with Gasteiger partial charge in [-0.3, -0.25) is 0 Å². The van der Waals surface area contributed by atoms with Gasteiger partial charge in [-0.1, -0.05) is 25.9 Å². The largest absolute Gasteiger partial charge is 0.411 e. The van der Waals surface area contributed by atoms with Gasteiger partial charge in [-0.15, -0.1) is 0 Å². The van der Waals surface area contributed by atoms with E-state index >= 15 is 0 Å². The number of ether oxygens (including phenoxy) is 1. The molecule has 1 rings (SSSR count). The molecule has 0 spiro atoms. The molecule has 2 atom stereocenters. The fourth-order valence-corrected chi connectivity index (χ4v) is 2.13. The van der Waals surface area contributed by atoms with Crippen molar-refractivity contribution in [3.8, 4) is 0 Å². The van der Waals surface area contributed by atoms with Crippen molar-refractivity contribution in [2.24, 2.45) is 16.5 Å². The molecular formula is C11H21NO2. The highest BCUT2D eigenvalue weighted by Crippen LogP contribution is 2.37. The minimum Gasteiger partial charge on any atom is -0.411 e. The summed E-state index contributed by atoms with van der Waals surface area (Å²) in [4.78, 5) is 0. The fraction of sp³-hybridized carbons (Fsp3) is 0.909. The van der Waals surface area contributed by atoms with Gasteiger partial charge in [0.25, 0.3) is 0 Å². The summed E-state index contributed by atoms with van der Waals surface area (Å²) in [5, 5.41) is 12.1. The van der Waals surface area contributed by atoms with Crippen LogP contribution in [0.5, 0.6) is 0 Å². The molecule has 1 saturated carbocycles. The topological polar surface area (TPSA) is 41.8 Å². The van der Waals surface area contributed by atoms with Gasteiger partial charge in [0.05, 0.1) is 11.8 Å². The smallest absolute Gasteiger partial charge is 0.0988 e. The van der Waals surface area contributed by atoms with Gasteiger partial charge in [0, 0.05) is 7.11 Å². The molecule has 3 heteroatoms. The SMILES string of the molecule is CO[C@@H]1C[C@@H](C(C)(C)C)CC/C1=N/O. The Morgan fingerprint density at radius 2 is 2.07 bits per heavy atom. The molecule has 1 N–H and O–H groups in total. The molecule has 1 fully saturated rings. The lowest BCUT2D eigenvalue weighted by Crippen LogP contribution is -2.36. The Labute approximate surface area is 86.1 Å². The summed E-state index contributed by atoms with van der Waals surface area (Å²) in [7, 11) is 1.68. The maximum atomic E-state index is 8.79. The van der Waals surface area contributed by atoms with Crippen molar-refractivity contribution in [2.45, 2.75) is 46.1 Å². The summed E-state index contributed by atoms with van der Waals surface area (Å²) in [6.07, 6.45) is 2.94. The van der Waals surface area contributed by atoms with Crippen LogP contribution in [0.1, 0.15) is 40.0 Å². The Balaban J connectivity index is 2.66. The first-order valence-electron chi connectivity index (χ1n) is 5.22. The van der Waals surface area contributed by atoms with E-state index in [0.717, 1.165) is 25.0 Å². The molecular weight excluding hydrogens is 178 g/mol. The van der Waals surface area contributed by atoms with Crippen LogP contribution in [0.25, 0.3) is 0 Å². The Bertz CT molecular complexity index is 218. The summed E-state index contributed by atoms with van der Waals surface area (Å²) in [5.41, 5.74) is 1.12. The van der Waals surface area contributed by atoms with E-state index in [1.807, 2.05) is 0 Å². The van der Waals surface area contributed by atoms with Gasteiger partial charge in [0.15, 0.2) is 0 Å². The van der Waals surface area contributed by atoms with Crippen molar-refractivity contribution in [1.82, 2.24) is 0 Å². The molecule has 0 bridgehead atoms. The van der Waals surface area contributed by atoms with Crippen LogP contribution in [-0.4, -0.2) is 24.1 Å². The minimum atomic E-state index is 0.0120. The van der Waals surface area contributed by atoms with Crippen LogP contribution in [0.4, 0.5) is 0 Å². The van der Waals surface area contributed by atoms with E-state index in [2.05, 4.69) is 25.9 Å². The Kier molecular flexibility index (Phi) is 3.53. The van der Waals surface area contributed by atoms with E-state index in [1.165, 1.54) is 0 Å². The van der Waals surface area contributed by atoms with Crippen LogP contribution < -0.4 is 0 Å². The van der Waals surface area contributed by atoms with Crippen molar-refractivity contribution in [1.29, 1.82) is 0 Å². The van der Waals surface area contributed by atoms with Crippen LogP contribution >= 0.6 is 0 Å². The number of oxime groups is 1. The number of rotatable bonds is 1. The molecule has 0 aromatic rings. The molecule has 0 unspecified atom stereocenters. The second kappa shape index (κ2) is 4.30. The van der Waals surface area contributed by atoms with E-state index in [-0.39, 0.29) is 6.10 Å². The first-order valence-corrected chi connectivity index (χ1v) is 5.22. The standard InChI is InChI=1S/C11H21NO2/c1-11(2,3)8-5-6-9(12-13)10(7-8)14-4/h8,10,13H,5-7H2,1-4H3/b12-9-/t8-,10+/m0/s1. The highest BCUT2D eigenvalue weighted by Gasteiger charge is 2.34. The van der Waals surface area contributed by atoms with E-state index in [0.29, 0.717) is 11.3 Å². The van der Waals surface area contributed by atoms with Crippen molar-refractivity contribution in [3.05, 3.63) is 0 Å². The molecule has 82 valence electrons. The van der Waals surface area contributed by atoms with Crippen LogP contribution in [0.3, 0.4) is 0 Å². The number of hydrogen-bond acceptors (Lipinski definition) is 3. The maximum Gasteiger partial charge on any atom is 0.0988 e. The lowest BCUT2D eigenvalue weighted by Gasteiger charge is -2.37. The number of hydrogen-bond donors (Lipinski definition) is 1. The Morgan fingerprint density at radius 3 is 2.50 bits per heavy atom. The zero-order chi connectivity index (χ0) is 10.8. The first-order chi connectivity index (χ1) is 6.49. The van der Waals surface area contributed by atoms with E-state index in [9.17, 15) is 0 Å². The summed E-state index contributed by atoms with van der Waals surface area (Å²) >= 11 is 0. The number of methoxy groups -OCH3 is 1. The molecule has 0 saturated heterocycles. The number of nitrogens with zero attached hydrogens (tertiary/aromatic N) is 1. The molecule has 1 aliphatic carbocycles. The molecule has 0 radical (unpaired) electrons. The summed E-state index contributed by atoms with van der Waals surface area (Å²) in [5.74, 6) is 0.651. The first kappa shape index (κ1) is 11.5. The predicted octanol–water partition coefficient (Wildman–Crippen LogP) is 2.68. The van der Waals surface area contributed by atoms with E-state index < -0.39 is 0 Å². The van der Waals surface area contributed by atoms with E-state index in [1.54, 1.807) is 7.11 Å². The zero-order valence-corrected chi connectivity index (χ0v) is 9.58. The van der Waals surface area contributed by atoms with Gasteiger partial charge >= 0.3 is 0 Å². The van der Waals surface area contributed by atoms with Gasteiger partial charge in [-0.05, 0) is 30.6 Å². The molecule has 14 heavy (non-hydrogen) atoms. The molecule has 0 amide bonds. The van der Waals surface area contributed by atoms with Crippen LogP contribution in [0.15, 0.2) is 5.16 Å². The monoisotopic (exact) mass is 199 g/mol. The van der Waals surface area contributed by atoms with Crippen molar-refractivity contribution in [2.75, 3.05) is 7.11 Å². The van der Waals surface area contributed by atoms with Crippen LogP contribution in [-0.2, 0) is 4.74 Å². The predicted molar refractivity (Wildman–Crippen MR) is 56.8 cm³/mol. The normalized spacial score (nSPS) is 32.1. The van der Waals surface area contributed by atoms with Gasteiger partial charge in [-0.25, -0.2) is 0 Å². The summed E-state index contributed by atoms with van der Waals surface area (Å²) < 4.78 is 5.33. The summed E-state index contributed by atoms with van der Waals surface area (Å²) in [6.45, 7) is 6.77. The maximum absolute atomic E-state index is 8.79. The van der Waals surface area contributed by atoms with Crippen LogP contribution in [0, 0.1) is 11.3 Å². The Hall–Kier alpha value is -0.570. The average molecular weight is 199 g/mol. The second-order valence-corrected chi connectivity index (χ2v) is 5.15. The zero-order valence-electron chi connectivity index (χ0n) is 9.58. The van der Waals surface area contributed by atoms with Gasteiger partial charge in [0.2, 0.25) is 0 Å². The van der Waals surface area contributed by atoms with Gasteiger partial charge < -0.3 is 9.94 Å². The van der Waals surface area contributed by atoms with Crippen molar-refractivity contribution >= 4 is 5.71 Å². The van der Waals surface area contributed by atoms with Gasteiger partial charge in [0.1, 0.15) is 0 Å². The van der Waals surface area contributed by atoms with Gasteiger partial charge in [-0.2, -0.15) is 0 Å². The molecule has 0 aliphatic heterocycles. The molecule has 1 aliphatic rings. The second-order valence-electron chi connectivity index (χ2n) is 5.15. The lowest BCUT2D eigenvalue weighted by atomic mass is 9.71. The third kappa shape index (κ3) is 2.47. The Morgan fingerprint density at radius 1 is 1.43 bits per heavy atom. The lowest BCUT2D eigenvalue weighted by molar-refractivity contribution is 0.0802. The molecule has 0 aromatic carbocycles. The molecule has 0 heterocycles. The van der Waals surface area contributed by atoms with Crippen molar-refractivity contribution < 1.29 is 9.94 Å². The highest BCUT2D eigenvalue weighted by atomic mass is 16.5. The highest BCUT2D eigenvalue weighted by molar-refractivity contribution is 5.88. The third-order valence-corrected chi connectivity index (χ3v) is 3.26. The average Bonchev–Trinajstić information content (AvgIpc) is 2.15. The van der Waals surface area contributed by atoms with Crippen molar-refractivity contribution in [3.63, 3.8) is 0 Å². The van der Waals surface area contributed by atoms with E-state index in [4.69, 9.17) is 9.94 Å². The summed E-state index contributed by atoms with van der Waals surface area (Å²) in [6, 6.07) is 0.